The van der Waals surface area contributed by atoms with Gasteiger partial charge in [0.15, 0.2) is 0 Å². The molecular weight excluding hydrogens is 263 g/mol. The van der Waals surface area contributed by atoms with Crippen LogP contribution in [0.4, 0.5) is 4.39 Å². The van der Waals surface area contributed by atoms with Crippen molar-refractivity contribution in [3.05, 3.63) is 70.5 Å². The minimum atomic E-state index is -0.238. The van der Waals surface area contributed by atoms with Crippen molar-refractivity contribution in [1.82, 2.24) is 5.43 Å². The largest absolute Gasteiger partial charge is 0.271 e. The summed E-state index contributed by atoms with van der Waals surface area (Å²) in [5, 5.41) is 0. The molecule has 1 atom stereocenters. The van der Waals surface area contributed by atoms with E-state index in [1.165, 1.54) is 17.7 Å². The first kappa shape index (κ1) is 15.7. The van der Waals surface area contributed by atoms with E-state index in [2.05, 4.69) is 32.3 Å². The predicted octanol–water partition coefficient (Wildman–Crippen LogP) is 3.98. The molecular formula is C18H23FN2. The molecule has 0 saturated heterocycles. The standard InChI is InChI=1S/C18H23FN2/c1-12-9-13(11-14(19)10-12)17(21-20)15-7-5-6-8-16(15)18(2,3)4/h5-11,17,21H,20H2,1-4H3. The molecule has 0 radical (unpaired) electrons. The topological polar surface area (TPSA) is 38.0 Å². The zero-order valence-electron chi connectivity index (χ0n) is 13.1. The van der Waals surface area contributed by atoms with Crippen LogP contribution in [0.1, 0.15) is 49.1 Å². The van der Waals surface area contributed by atoms with Gasteiger partial charge in [0.2, 0.25) is 0 Å². The predicted molar refractivity (Wildman–Crippen MR) is 85.4 cm³/mol. The van der Waals surface area contributed by atoms with Crippen LogP contribution in [0.25, 0.3) is 0 Å². The Hall–Kier alpha value is -1.71. The molecule has 3 heteroatoms. The molecule has 1 unspecified atom stereocenters. The summed E-state index contributed by atoms with van der Waals surface area (Å²) in [5.74, 6) is 5.54. The summed E-state index contributed by atoms with van der Waals surface area (Å²) >= 11 is 0. The average Bonchev–Trinajstić information content (AvgIpc) is 2.38. The molecule has 21 heavy (non-hydrogen) atoms. The van der Waals surface area contributed by atoms with Crippen molar-refractivity contribution in [3.8, 4) is 0 Å². The van der Waals surface area contributed by atoms with Gasteiger partial charge in [0.05, 0.1) is 6.04 Å². The van der Waals surface area contributed by atoms with Crippen LogP contribution in [0.3, 0.4) is 0 Å². The Labute approximate surface area is 126 Å². The Morgan fingerprint density at radius 2 is 1.76 bits per heavy atom. The van der Waals surface area contributed by atoms with E-state index < -0.39 is 0 Å². The normalized spacial score (nSPS) is 13.2. The van der Waals surface area contributed by atoms with Crippen LogP contribution >= 0.6 is 0 Å². The molecule has 0 bridgehead atoms. The summed E-state index contributed by atoms with van der Waals surface area (Å²) in [6.45, 7) is 8.37. The maximum absolute atomic E-state index is 13.7. The highest BCUT2D eigenvalue weighted by atomic mass is 19.1. The Morgan fingerprint density at radius 3 is 2.33 bits per heavy atom. The first-order chi connectivity index (χ1) is 9.82. The highest BCUT2D eigenvalue weighted by Crippen LogP contribution is 2.32. The lowest BCUT2D eigenvalue weighted by Crippen LogP contribution is -2.31. The summed E-state index contributed by atoms with van der Waals surface area (Å²) in [6, 6.07) is 13.0. The summed E-state index contributed by atoms with van der Waals surface area (Å²) < 4.78 is 13.7. The van der Waals surface area contributed by atoms with Gasteiger partial charge < -0.3 is 0 Å². The Kier molecular flexibility index (Phi) is 4.45. The van der Waals surface area contributed by atoms with E-state index in [-0.39, 0.29) is 17.3 Å². The van der Waals surface area contributed by atoms with E-state index in [1.807, 2.05) is 31.2 Å². The minimum absolute atomic E-state index is 0.00589. The third kappa shape index (κ3) is 3.49. The quantitative estimate of drug-likeness (QED) is 0.661. The number of hydrogen-bond donors (Lipinski definition) is 2. The van der Waals surface area contributed by atoms with Gasteiger partial charge >= 0.3 is 0 Å². The highest BCUT2D eigenvalue weighted by molar-refractivity contribution is 5.41. The lowest BCUT2D eigenvalue weighted by molar-refractivity contribution is 0.555. The molecule has 0 spiro atoms. The van der Waals surface area contributed by atoms with Crippen LogP contribution in [0.15, 0.2) is 42.5 Å². The maximum Gasteiger partial charge on any atom is 0.123 e. The molecule has 0 amide bonds. The fraction of sp³-hybridized carbons (Fsp3) is 0.333. The zero-order chi connectivity index (χ0) is 15.6. The monoisotopic (exact) mass is 286 g/mol. The number of benzene rings is 2. The molecule has 112 valence electrons. The van der Waals surface area contributed by atoms with Crippen molar-refractivity contribution >= 4 is 0 Å². The summed E-state index contributed by atoms with van der Waals surface area (Å²) in [7, 11) is 0. The van der Waals surface area contributed by atoms with Gasteiger partial charge in [-0.2, -0.15) is 0 Å². The lowest BCUT2D eigenvalue weighted by atomic mass is 9.80. The van der Waals surface area contributed by atoms with E-state index >= 15 is 0 Å². The number of nitrogens with one attached hydrogen (secondary N) is 1. The Bertz CT molecular complexity index is 609. The van der Waals surface area contributed by atoms with Gasteiger partial charge in [0.25, 0.3) is 0 Å². The molecule has 2 aromatic rings. The number of rotatable bonds is 3. The van der Waals surface area contributed by atoms with Crippen molar-refractivity contribution in [2.45, 2.75) is 39.2 Å². The van der Waals surface area contributed by atoms with Gasteiger partial charge in [-0.25, -0.2) is 9.82 Å². The van der Waals surface area contributed by atoms with Crippen LogP contribution in [0.5, 0.6) is 0 Å². The Morgan fingerprint density at radius 1 is 1.10 bits per heavy atom. The average molecular weight is 286 g/mol. The number of nitrogens with two attached hydrogens (primary N) is 1. The Balaban J connectivity index is 2.57. The number of hydrazine groups is 1. The van der Waals surface area contributed by atoms with Gasteiger partial charge in [-0.05, 0) is 46.7 Å². The fourth-order valence-electron chi connectivity index (χ4n) is 2.73. The van der Waals surface area contributed by atoms with Gasteiger partial charge in [-0.3, -0.25) is 5.84 Å². The first-order valence-electron chi connectivity index (χ1n) is 7.15. The van der Waals surface area contributed by atoms with Gasteiger partial charge in [-0.1, -0.05) is 51.1 Å². The van der Waals surface area contributed by atoms with Crippen LogP contribution in [-0.4, -0.2) is 0 Å². The second kappa shape index (κ2) is 5.96. The molecule has 0 aliphatic heterocycles. The second-order valence-corrected chi connectivity index (χ2v) is 6.50. The van der Waals surface area contributed by atoms with Crippen LogP contribution in [0.2, 0.25) is 0 Å². The first-order valence-corrected chi connectivity index (χ1v) is 7.15. The van der Waals surface area contributed by atoms with Crippen molar-refractivity contribution in [2.75, 3.05) is 0 Å². The summed E-state index contributed by atoms with van der Waals surface area (Å²) in [4.78, 5) is 0. The van der Waals surface area contributed by atoms with Gasteiger partial charge in [0.1, 0.15) is 5.82 Å². The van der Waals surface area contributed by atoms with Crippen LogP contribution in [0, 0.1) is 12.7 Å². The molecule has 2 aromatic carbocycles. The molecule has 3 N–H and O–H groups in total. The van der Waals surface area contributed by atoms with Crippen molar-refractivity contribution < 1.29 is 4.39 Å². The van der Waals surface area contributed by atoms with Crippen LogP contribution in [-0.2, 0) is 5.41 Å². The highest BCUT2D eigenvalue weighted by Gasteiger charge is 2.23. The van der Waals surface area contributed by atoms with E-state index in [9.17, 15) is 4.39 Å². The lowest BCUT2D eigenvalue weighted by Gasteiger charge is -2.27. The molecule has 0 fully saturated rings. The summed E-state index contributed by atoms with van der Waals surface area (Å²) in [5.41, 5.74) is 6.84. The van der Waals surface area contributed by atoms with Crippen molar-refractivity contribution in [3.63, 3.8) is 0 Å². The third-order valence-electron chi connectivity index (χ3n) is 3.64. The molecule has 0 aromatic heterocycles. The summed E-state index contributed by atoms with van der Waals surface area (Å²) in [6.07, 6.45) is 0. The zero-order valence-corrected chi connectivity index (χ0v) is 13.1. The smallest absolute Gasteiger partial charge is 0.123 e. The number of aryl methyl sites for hydroxylation is 1. The van der Waals surface area contributed by atoms with Gasteiger partial charge in [-0.15, -0.1) is 0 Å². The number of halogens is 1. The minimum Gasteiger partial charge on any atom is -0.271 e. The fourth-order valence-corrected chi connectivity index (χ4v) is 2.73. The molecule has 0 aliphatic rings. The van der Waals surface area contributed by atoms with Crippen molar-refractivity contribution in [2.24, 2.45) is 5.84 Å². The molecule has 0 heterocycles. The van der Waals surface area contributed by atoms with E-state index in [1.54, 1.807) is 0 Å². The molecule has 2 nitrogen and oxygen atoms in total. The van der Waals surface area contributed by atoms with E-state index in [4.69, 9.17) is 5.84 Å². The van der Waals surface area contributed by atoms with Gasteiger partial charge in [0, 0.05) is 0 Å². The van der Waals surface area contributed by atoms with E-state index in [0.717, 1.165) is 16.7 Å². The second-order valence-electron chi connectivity index (χ2n) is 6.50. The molecule has 0 saturated carbocycles. The molecule has 0 aliphatic carbocycles. The van der Waals surface area contributed by atoms with Crippen molar-refractivity contribution in [1.29, 1.82) is 0 Å². The van der Waals surface area contributed by atoms with E-state index in [0.29, 0.717) is 0 Å². The van der Waals surface area contributed by atoms with Crippen LogP contribution < -0.4 is 11.3 Å². The molecule has 2 rings (SSSR count). The SMILES string of the molecule is Cc1cc(F)cc(C(NN)c2ccccc2C(C)(C)C)c1. The third-order valence-corrected chi connectivity index (χ3v) is 3.64. The number of hydrogen-bond acceptors (Lipinski definition) is 2. The maximum atomic E-state index is 13.7.